The van der Waals surface area contributed by atoms with Crippen LogP contribution in [-0.4, -0.2) is 22.3 Å². The van der Waals surface area contributed by atoms with Crippen molar-refractivity contribution in [3.05, 3.63) is 23.8 Å². The van der Waals surface area contributed by atoms with E-state index < -0.39 is 5.97 Å². The second-order valence-electron chi connectivity index (χ2n) is 8.55. The fraction of sp³-hybridized carbons (Fsp3) is 0.750. The van der Waals surface area contributed by atoms with Crippen molar-refractivity contribution in [3.8, 4) is 0 Å². The molecule has 0 radical (unpaired) electrons. The van der Waals surface area contributed by atoms with Crippen LogP contribution < -0.4 is 0 Å². The topological polar surface area (TPSA) is 57.5 Å². The molecule has 0 amide bonds. The molecule has 2 N–H and O–H groups in total. The van der Waals surface area contributed by atoms with Crippen LogP contribution in [0.15, 0.2) is 23.8 Å². The van der Waals surface area contributed by atoms with Crippen LogP contribution in [0.1, 0.15) is 66.2 Å². The molecule has 0 saturated heterocycles. The highest BCUT2D eigenvalue weighted by Gasteiger charge is 2.55. The Balaban J connectivity index is 2.21. The van der Waals surface area contributed by atoms with Gasteiger partial charge in [-0.25, -0.2) is 4.79 Å². The number of fused-ring (bicyclic) bond motifs is 1. The van der Waals surface area contributed by atoms with E-state index in [0.717, 1.165) is 44.1 Å². The minimum Gasteiger partial charge on any atom is -0.478 e. The first-order chi connectivity index (χ1) is 10.6. The molecule has 0 aromatic heterocycles. The van der Waals surface area contributed by atoms with Gasteiger partial charge in [0.2, 0.25) is 0 Å². The fourth-order valence-corrected chi connectivity index (χ4v) is 5.35. The van der Waals surface area contributed by atoms with Gasteiger partial charge in [0.25, 0.3) is 0 Å². The molecule has 3 heteroatoms. The lowest BCUT2D eigenvalue weighted by molar-refractivity contribution is -0.131. The Kier molecular flexibility index (Phi) is 5.10. The number of carboxylic acids is 1. The minimum atomic E-state index is -0.865. The number of aliphatic carboxylic acids is 1. The van der Waals surface area contributed by atoms with Gasteiger partial charge in [-0.05, 0) is 68.1 Å². The Bertz CT molecular complexity index is 517. The van der Waals surface area contributed by atoms with Crippen LogP contribution in [0.3, 0.4) is 0 Å². The largest absolute Gasteiger partial charge is 0.478 e. The van der Waals surface area contributed by atoms with Gasteiger partial charge >= 0.3 is 5.97 Å². The molecule has 0 aliphatic heterocycles. The molecule has 2 fully saturated rings. The molecule has 2 aliphatic carbocycles. The third-order valence-electron chi connectivity index (χ3n) is 6.75. The number of hydrogen-bond donors (Lipinski definition) is 2. The Morgan fingerprint density at radius 1 is 1.35 bits per heavy atom. The minimum absolute atomic E-state index is 0.0576. The Labute approximate surface area is 140 Å². The first-order valence-corrected chi connectivity index (χ1v) is 8.85. The molecular formula is C20H32O3. The van der Waals surface area contributed by atoms with E-state index in [-0.39, 0.29) is 16.9 Å². The smallest absolute Gasteiger partial charge is 0.328 e. The Morgan fingerprint density at radius 3 is 2.61 bits per heavy atom. The summed E-state index contributed by atoms with van der Waals surface area (Å²) in [6.45, 7) is 13.0. The van der Waals surface area contributed by atoms with Crippen LogP contribution >= 0.6 is 0 Å². The molecule has 130 valence electrons. The molecule has 0 heterocycles. The van der Waals surface area contributed by atoms with Crippen molar-refractivity contribution in [1.29, 1.82) is 0 Å². The van der Waals surface area contributed by atoms with Gasteiger partial charge in [0, 0.05) is 6.08 Å². The summed E-state index contributed by atoms with van der Waals surface area (Å²) in [5.74, 6) is 0.0548. The Hall–Kier alpha value is -1.09. The summed E-state index contributed by atoms with van der Waals surface area (Å²) in [5, 5.41) is 19.3. The molecule has 0 bridgehead atoms. The standard InChI is InChI=1S/C20H32O3/c1-13(12-18(22)23)6-8-15-14(2)7-9-16-19(3,4)17(21)10-11-20(15,16)5/h12,15-17,21H,2,6-11H2,1,3-5H3,(H,22,23)/b13-12+/t15?,16?,17-,20+/m0/s1. The second kappa shape index (κ2) is 6.43. The number of aliphatic hydroxyl groups is 1. The lowest BCUT2D eigenvalue weighted by Crippen LogP contribution is -2.54. The van der Waals surface area contributed by atoms with Gasteiger partial charge in [0.05, 0.1) is 6.10 Å². The average molecular weight is 320 g/mol. The monoisotopic (exact) mass is 320 g/mol. The zero-order chi connectivity index (χ0) is 17.4. The summed E-state index contributed by atoms with van der Waals surface area (Å²) in [5.41, 5.74) is 2.35. The van der Waals surface area contributed by atoms with E-state index in [1.54, 1.807) is 0 Å². The van der Waals surface area contributed by atoms with Crippen LogP contribution in [0.5, 0.6) is 0 Å². The van der Waals surface area contributed by atoms with Crippen molar-refractivity contribution in [2.75, 3.05) is 0 Å². The van der Waals surface area contributed by atoms with Crippen LogP contribution in [0.2, 0.25) is 0 Å². The summed E-state index contributed by atoms with van der Waals surface area (Å²) in [7, 11) is 0. The molecule has 2 unspecified atom stereocenters. The molecule has 4 atom stereocenters. The molecule has 2 aliphatic rings. The van der Waals surface area contributed by atoms with Crippen LogP contribution in [0, 0.1) is 22.7 Å². The predicted octanol–water partition coefficient (Wildman–Crippen LogP) is 4.57. The summed E-state index contributed by atoms with van der Waals surface area (Å²) in [6, 6.07) is 0. The maximum Gasteiger partial charge on any atom is 0.328 e. The van der Waals surface area contributed by atoms with Gasteiger partial charge in [-0.2, -0.15) is 0 Å². The molecule has 0 spiro atoms. The van der Waals surface area contributed by atoms with E-state index in [0.29, 0.717) is 11.8 Å². The summed E-state index contributed by atoms with van der Waals surface area (Å²) >= 11 is 0. The summed E-state index contributed by atoms with van der Waals surface area (Å²) in [4.78, 5) is 10.8. The van der Waals surface area contributed by atoms with Gasteiger partial charge in [-0.1, -0.05) is 38.5 Å². The molecule has 23 heavy (non-hydrogen) atoms. The third-order valence-corrected chi connectivity index (χ3v) is 6.75. The van der Waals surface area contributed by atoms with Crippen molar-refractivity contribution in [3.63, 3.8) is 0 Å². The number of aliphatic hydroxyl groups excluding tert-OH is 1. The first-order valence-electron chi connectivity index (χ1n) is 8.85. The quantitative estimate of drug-likeness (QED) is 0.589. The SMILES string of the molecule is C=C1CCC2C(C)(C)[C@@H](O)CC[C@]2(C)C1CC/C(C)=C/C(=O)O. The number of carboxylic acid groups (broad SMARTS) is 1. The first kappa shape index (κ1) is 18.3. The van der Waals surface area contributed by atoms with Crippen LogP contribution in [0.25, 0.3) is 0 Å². The van der Waals surface area contributed by atoms with E-state index in [1.165, 1.54) is 11.6 Å². The summed E-state index contributed by atoms with van der Waals surface area (Å²) in [6.07, 6.45) is 6.90. The summed E-state index contributed by atoms with van der Waals surface area (Å²) < 4.78 is 0. The number of hydrogen-bond acceptors (Lipinski definition) is 2. The van der Waals surface area contributed by atoms with Crippen molar-refractivity contribution in [1.82, 2.24) is 0 Å². The zero-order valence-corrected chi connectivity index (χ0v) is 15.1. The van der Waals surface area contributed by atoms with Crippen LogP contribution in [0.4, 0.5) is 0 Å². The average Bonchev–Trinajstić information content (AvgIpc) is 2.42. The molecule has 0 aromatic carbocycles. The van der Waals surface area contributed by atoms with E-state index in [2.05, 4.69) is 27.4 Å². The molecule has 3 nitrogen and oxygen atoms in total. The van der Waals surface area contributed by atoms with Crippen molar-refractivity contribution >= 4 is 5.97 Å². The van der Waals surface area contributed by atoms with Gasteiger partial charge in [0.1, 0.15) is 0 Å². The lowest BCUT2D eigenvalue weighted by atomic mass is 9.46. The maximum absolute atomic E-state index is 10.8. The van der Waals surface area contributed by atoms with Crippen molar-refractivity contribution in [2.45, 2.75) is 72.3 Å². The lowest BCUT2D eigenvalue weighted by Gasteiger charge is -2.59. The van der Waals surface area contributed by atoms with E-state index in [1.807, 2.05) is 6.92 Å². The van der Waals surface area contributed by atoms with E-state index in [4.69, 9.17) is 5.11 Å². The molecular weight excluding hydrogens is 288 g/mol. The maximum atomic E-state index is 10.8. The van der Waals surface area contributed by atoms with E-state index >= 15 is 0 Å². The molecule has 2 rings (SSSR count). The van der Waals surface area contributed by atoms with Gasteiger partial charge in [-0.15, -0.1) is 0 Å². The van der Waals surface area contributed by atoms with Gasteiger partial charge in [-0.3, -0.25) is 0 Å². The molecule has 0 aromatic rings. The Morgan fingerprint density at radius 2 is 2.00 bits per heavy atom. The van der Waals surface area contributed by atoms with E-state index in [9.17, 15) is 9.90 Å². The number of rotatable bonds is 4. The zero-order valence-electron chi connectivity index (χ0n) is 15.1. The van der Waals surface area contributed by atoms with Gasteiger partial charge < -0.3 is 10.2 Å². The number of carbonyl (C=O) groups is 1. The normalized spacial score (nSPS) is 37.3. The van der Waals surface area contributed by atoms with Crippen LogP contribution in [-0.2, 0) is 4.79 Å². The third kappa shape index (κ3) is 3.40. The molecule has 2 saturated carbocycles. The van der Waals surface area contributed by atoms with Gasteiger partial charge in [0.15, 0.2) is 0 Å². The highest BCUT2D eigenvalue weighted by atomic mass is 16.4. The van der Waals surface area contributed by atoms with Crippen molar-refractivity contribution < 1.29 is 15.0 Å². The predicted molar refractivity (Wildman–Crippen MR) is 93.1 cm³/mol. The second-order valence-corrected chi connectivity index (χ2v) is 8.55. The number of allylic oxidation sites excluding steroid dienone is 2. The fourth-order valence-electron chi connectivity index (χ4n) is 5.35. The highest BCUT2D eigenvalue weighted by Crippen LogP contribution is 2.61. The highest BCUT2D eigenvalue weighted by molar-refractivity contribution is 5.80. The van der Waals surface area contributed by atoms with Crippen molar-refractivity contribution in [2.24, 2.45) is 22.7 Å².